The van der Waals surface area contributed by atoms with Crippen molar-refractivity contribution in [2.75, 3.05) is 11.9 Å². The molecule has 1 aromatic carbocycles. The number of carbonyl (C=O) groups excluding carboxylic acids is 1. The highest BCUT2D eigenvalue weighted by Gasteiger charge is 2.30. The molecule has 0 saturated heterocycles. The standard InChI is InChI=1S/C16H18ClN3O2/c1-11(12-2-3-12)20-15(8-9-18-20)19-16(21)10-22-14-6-4-13(17)5-7-14/h4-9,11-12H,2-3,10H2,1H3,(H,19,21). The van der Waals surface area contributed by atoms with Crippen LogP contribution in [0.2, 0.25) is 5.02 Å². The van der Waals surface area contributed by atoms with Crippen LogP contribution >= 0.6 is 11.6 Å². The summed E-state index contributed by atoms with van der Waals surface area (Å²) in [5, 5.41) is 7.79. The molecule has 1 fully saturated rings. The molecule has 1 aliphatic rings. The van der Waals surface area contributed by atoms with Crippen molar-refractivity contribution in [2.45, 2.75) is 25.8 Å². The van der Waals surface area contributed by atoms with Gasteiger partial charge in [0.15, 0.2) is 6.61 Å². The molecule has 6 heteroatoms. The molecule has 1 unspecified atom stereocenters. The molecule has 1 atom stereocenters. The topological polar surface area (TPSA) is 56.2 Å². The maximum absolute atomic E-state index is 12.0. The third kappa shape index (κ3) is 3.60. The number of anilines is 1. The van der Waals surface area contributed by atoms with Gasteiger partial charge >= 0.3 is 0 Å². The summed E-state index contributed by atoms with van der Waals surface area (Å²) in [5.41, 5.74) is 0. The van der Waals surface area contributed by atoms with Gasteiger partial charge in [-0.1, -0.05) is 11.6 Å². The average Bonchev–Trinajstić information content (AvgIpc) is 3.26. The predicted octanol–water partition coefficient (Wildman–Crippen LogP) is 3.53. The lowest BCUT2D eigenvalue weighted by atomic mass is 10.2. The molecule has 1 heterocycles. The van der Waals surface area contributed by atoms with Crippen LogP contribution in [0.1, 0.15) is 25.8 Å². The molecule has 1 aromatic heterocycles. The molecule has 3 rings (SSSR count). The maximum Gasteiger partial charge on any atom is 0.263 e. The number of hydrogen-bond acceptors (Lipinski definition) is 3. The zero-order valence-electron chi connectivity index (χ0n) is 12.3. The normalized spacial score (nSPS) is 15.4. The van der Waals surface area contributed by atoms with Gasteiger partial charge in [-0.2, -0.15) is 5.10 Å². The van der Waals surface area contributed by atoms with Crippen molar-refractivity contribution in [3.05, 3.63) is 41.6 Å². The molecular weight excluding hydrogens is 302 g/mol. The van der Waals surface area contributed by atoms with E-state index in [2.05, 4.69) is 17.3 Å². The molecular formula is C16H18ClN3O2. The Morgan fingerprint density at radius 2 is 2.14 bits per heavy atom. The van der Waals surface area contributed by atoms with E-state index in [4.69, 9.17) is 16.3 Å². The van der Waals surface area contributed by atoms with Gasteiger partial charge in [0.05, 0.1) is 12.2 Å². The molecule has 1 saturated carbocycles. The molecule has 0 spiro atoms. The molecule has 116 valence electrons. The van der Waals surface area contributed by atoms with Crippen LogP contribution in [0.4, 0.5) is 5.82 Å². The van der Waals surface area contributed by atoms with E-state index in [9.17, 15) is 4.79 Å². The van der Waals surface area contributed by atoms with Gasteiger partial charge in [0.25, 0.3) is 5.91 Å². The Hall–Kier alpha value is -2.01. The van der Waals surface area contributed by atoms with E-state index in [1.165, 1.54) is 12.8 Å². The van der Waals surface area contributed by atoms with Crippen LogP contribution in [0, 0.1) is 5.92 Å². The summed E-state index contributed by atoms with van der Waals surface area (Å²) in [5.74, 6) is 1.78. The minimum absolute atomic E-state index is 0.0510. The Labute approximate surface area is 134 Å². The van der Waals surface area contributed by atoms with Crippen molar-refractivity contribution in [1.82, 2.24) is 9.78 Å². The number of rotatable bonds is 6. The van der Waals surface area contributed by atoms with E-state index >= 15 is 0 Å². The summed E-state index contributed by atoms with van der Waals surface area (Å²) in [6.07, 6.45) is 4.16. The number of nitrogens with zero attached hydrogens (tertiary/aromatic N) is 2. The number of hydrogen-bond donors (Lipinski definition) is 1. The second-order valence-electron chi connectivity index (χ2n) is 5.53. The minimum atomic E-state index is -0.209. The quantitative estimate of drug-likeness (QED) is 0.886. The minimum Gasteiger partial charge on any atom is -0.484 e. The van der Waals surface area contributed by atoms with Gasteiger partial charge in [-0.15, -0.1) is 0 Å². The lowest BCUT2D eigenvalue weighted by Gasteiger charge is -2.15. The van der Waals surface area contributed by atoms with E-state index in [-0.39, 0.29) is 12.5 Å². The van der Waals surface area contributed by atoms with Crippen molar-refractivity contribution in [2.24, 2.45) is 5.92 Å². The zero-order valence-corrected chi connectivity index (χ0v) is 13.1. The van der Waals surface area contributed by atoms with Crippen LogP contribution < -0.4 is 10.1 Å². The second-order valence-corrected chi connectivity index (χ2v) is 5.97. The summed E-state index contributed by atoms with van der Waals surface area (Å²) in [6, 6.07) is 9.02. The third-order valence-corrected chi connectivity index (χ3v) is 4.06. The van der Waals surface area contributed by atoms with Gasteiger partial charge in [-0.05, 0) is 49.9 Å². The lowest BCUT2D eigenvalue weighted by Crippen LogP contribution is -2.23. The highest BCUT2D eigenvalue weighted by Crippen LogP contribution is 2.40. The Morgan fingerprint density at radius 3 is 2.82 bits per heavy atom. The van der Waals surface area contributed by atoms with Crippen LogP contribution in [0.3, 0.4) is 0 Å². The molecule has 1 amide bonds. The van der Waals surface area contributed by atoms with Crippen LogP contribution in [-0.4, -0.2) is 22.3 Å². The van der Waals surface area contributed by atoms with Crippen LogP contribution in [-0.2, 0) is 4.79 Å². The first-order valence-corrected chi connectivity index (χ1v) is 7.73. The summed E-state index contributed by atoms with van der Waals surface area (Å²) < 4.78 is 7.30. The number of carbonyl (C=O) groups is 1. The number of amides is 1. The van der Waals surface area contributed by atoms with Gasteiger partial charge in [-0.3, -0.25) is 4.79 Å². The molecule has 5 nitrogen and oxygen atoms in total. The average molecular weight is 320 g/mol. The van der Waals surface area contributed by atoms with Crippen molar-refractivity contribution in [3.8, 4) is 5.75 Å². The predicted molar refractivity (Wildman–Crippen MR) is 85.2 cm³/mol. The van der Waals surface area contributed by atoms with Crippen molar-refractivity contribution < 1.29 is 9.53 Å². The fourth-order valence-corrected chi connectivity index (χ4v) is 2.50. The van der Waals surface area contributed by atoms with Gasteiger partial charge in [-0.25, -0.2) is 4.68 Å². The first-order valence-electron chi connectivity index (χ1n) is 7.35. The van der Waals surface area contributed by atoms with Crippen LogP contribution in [0.5, 0.6) is 5.75 Å². The molecule has 2 aromatic rings. The maximum atomic E-state index is 12.0. The third-order valence-electron chi connectivity index (χ3n) is 3.81. The van der Waals surface area contributed by atoms with E-state index < -0.39 is 0 Å². The number of benzene rings is 1. The van der Waals surface area contributed by atoms with Gasteiger partial charge in [0.1, 0.15) is 11.6 Å². The Balaban J connectivity index is 1.55. The molecule has 0 aliphatic heterocycles. The van der Waals surface area contributed by atoms with Crippen LogP contribution in [0.15, 0.2) is 36.5 Å². The number of ether oxygens (including phenoxy) is 1. The summed E-state index contributed by atoms with van der Waals surface area (Å²) >= 11 is 5.80. The van der Waals surface area contributed by atoms with E-state index in [1.807, 2.05) is 4.68 Å². The van der Waals surface area contributed by atoms with E-state index in [0.717, 1.165) is 0 Å². The monoisotopic (exact) mass is 319 g/mol. The fraction of sp³-hybridized carbons (Fsp3) is 0.375. The summed E-state index contributed by atoms with van der Waals surface area (Å²) in [6.45, 7) is 2.08. The number of nitrogens with one attached hydrogen (secondary N) is 1. The van der Waals surface area contributed by atoms with Crippen molar-refractivity contribution in [3.63, 3.8) is 0 Å². The first-order chi connectivity index (χ1) is 10.6. The smallest absolute Gasteiger partial charge is 0.263 e. The largest absolute Gasteiger partial charge is 0.484 e. The molecule has 1 aliphatic carbocycles. The SMILES string of the molecule is CC(C1CC1)n1nccc1NC(=O)COc1ccc(Cl)cc1. The van der Waals surface area contributed by atoms with Crippen molar-refractivity contribution >= 4 is 23.3 Å². The fourth-order valence-electron chi connectivity index (χ4n) is 2.37. The molecule has 0 radical (unpaired) electrons. The molecule has 22 heavy (non-hydrogen) atoms. The van der Waals surface area contributed by atoms with Gasteiger partial charge in [0.2, 0.25) is 0 Å². The summed E-state index contributed by atoms with van der Waals surface area (Å²) in [7, 11) is 0. The highest BCUT2D eigenvalue weighted by atomic mass is 35.5. The second kappa shape index (κ2) is 6.40. The van der Waals surface area contributed by atoms with E-state index in [1.54, 1.807) is 36.5 Å². The first kappa shape index (κ1) is 14.9. The van der Waals surface area contributed by atoms with Gasteiger partial charge < -0.3 is 10.1 Å². The molecule has 1 N–H and O–H groups in total. The Bertz CT molecular complexity index is 650. The Kier molecular flexibility index (Phi) is 4.34. The molecule has 0 bridgehead atoms. The van der Waals surface area contributed by atoms with Gasteiger partial charge in [0, 0.05) is 11.1 Å². The Morgan fingerprint density at radius 1 is 1.41 bits per heavy atom. The zero-order chi connectivity index (χ0) is 15.5. The lowest BCUT2D eigenvalue weighted by molar-refractivity contribution is -0.118. The van der Waals surface area contributed by atoms with Crippen molar-refractivity contribution in [1.29, 1.82) is 0 Å². The summed E-state index contributed by atoms with van der Waals surface area (Å²) in [4.78, 5) is 12.0. The van der Waals surface area contributed by atoms with E-state index in [0.29, 0.717) is 28.5 Å². The number of aromatic nitrogens is 2. The highest BCUT2D eigenvalue weighted by molar-refractivity contribution is 6.30. The number of halogens is 1. The van der Waals surface area contributed by atoms with Crippen LogP contribution in [0.25, 0.3) is 0 Å².